The van der Waals surface area contributed by atoms with Gasteiger partial charge in [-0.15, -0.1) is 0 Å². The number of hydrogen-bond donors (Lipinski definition) is 2. The lowest BCUT2D eigenvalue weighted by atomic mass is 9.76. The number of carbonyl (C=O) groups excluding carboxylic acids is 1. The molecule has 19 heavy (non-hydrogen) atoms. The van der Waals surface area contributed by atoms with Crippen LogP contribution < -0.4 is 10.6 Å². The maximum atomic E-state index is 12.5. The lowest BCUT2D eigenvalue weighted by Gasteiger charge is -2.36. The van der Waals surface area contributed by atoms with Gasteiger partial charge in [0.25, 0.3) is 0 Å². The number of rotatable bonds is 5. The number of piperidine rings is 1. The first kappa shape index (κ1) is 14.8. The van der Waals surface area contributed by atoms with Gasteiger partial charge in [0.15, 0.2) is 0 Å². The van der Waals surface area contributed by atoms with Gasteiger partial charge in [-0.3, -0.25) is 9.69 Å². The van der Waals surface area contributed by atoms with Crippen LogP contribution in [0.2, 0.25) is 0 Å². The highest BCUT2D eigenvalue weighted by Gasteiger charge is 2.38. The zero-order valence-corrected chi connectivity index (χ0v) is 12.5. The molecule has 0 spiro atoms. The van der Waals surface area contributed by atoms with Crippen LogP contribution >= 0.6 is 0 Å². The van der Waals surface area contributed by atoms with E-state index in [-0.39, 0.29) is 5.41 Å². The molecular formula is C15H29N3O. The summed E-state index contributed by atoms with van der Waals surface area (Å²) in [6.07, 6.45) is 5.43. The molecule has 4 nitrogen and oxygen atoms in total. The predicted molar refractivity (Wildman–Crippen MR) is 78.1 cm³/mol. The second-order valence-electron chi connectivity index (χ2n) is 6.02. The smallest absolute Gasteiger partial charge is 0.226 e. The van der Waals surface area contributed by atoms with Gasteiger partial charge in [-0.1, -0.05) is 13.8 Å². The fourth-order valence-corrected chi connectivity index (χ4v) is 3.59. The Labute approximate surface area is 117 Å². The van der Waals surface area contributed by atoms with Gasteiger partial charge in [0, 0.05) is 12.6 Å². The van der Waals surface area contributed by atoms with E-state index < -0.39 is 0 Å². The van der Waals surface area contributed by atoms with Crippen molar-refractivity contribution in [2.75, 3.05) is 32.7 Å². The Morgan fingerprint density at radius 2 is 2.11 bits per heavy atom. The topological polar surface area (TPSA) is 44.4 Å². The molecule has 110 valence electrons. The Morgan fingerprint density at radius 1 is 1.37 bits per heavy atom. The van der Waals surface area contributed by atoms with E-state index in [2.05, 4.69) is 29.4 Å². The van der Waals surface area contributed by atoms with E-state index in [1.54, 1.807) is 0 Å². The van der Waals surface area contributed by atoms with Gasteiger partial charge < -0.3 is 10.6 Å². The number of nitrogens with zero attached hydrogens (tertiary/aromatic N) is 1. The summed E-state index contributed by atoms with van der Waals surface area (Å²) in [5.74, 6) is 0.291. The molecule has 2 rings (SSSR count). The van der Waals surface area contributed by atoms with Crippen LogP contribution in [0.4, 0.5) is 0 Å². The van der Waals surface area contributed by atoms with Crippen molar-refractivity contribution in [1.82, 2.24) is 15.5 Å². The second-order valence-corrected chi connectivity index (χ2v) is 6.02. The lowest BCUT2D eigenvalue weighted by molar-refractivity contribution is -0.133. The first-order chi connectivity index (χ1) is 9.22. The molecule has 2 aliphatic heterocycles. The Bertz CT molecular complexity index is 300. The summed E-state index contributed by atoms with van der Waals surface area (Å²) >= 11 is 0. The predicted octanol–water partition coefficient (Wildman–Crippen LogP) is 1.37. The van der Waals surface area contributed by atoms with Gasteiger partial charge in [-0.2, -0.15) is 0 Å². The number of carbonyl (C=O) groups is 1. The van der Waals surface area contributed by atoms with Crippen molar-refractivity contribution < 1.29 is 4.79 Å². The van der Waals surface area contributed by atoms with E-state index >= 15 is 0 Å². The minimum absolute atomic E-state index is 0.110. The SMILES string of the molecule is CCN1CCCC1CNC(=O)C1(CC)CCNCC1. The molecule has 1 atom stereocenters. The molecule has 0 aliphatic carbocycles. The van der Waals surface area contributed by atoms with Crippen molar-refractivity contribution in [2.24, 2.45) is 5.41 Å². The van der Waals surface area contributed by atoms with Crippen molar-refractivity contribution in [1.29, 1.82) is 0 Å². The monoisotopic (exact) mass is 267 g/mol. The van der Waals surface area contributed by atoms with E-state index in [1.807, 2.05) is 0 Å². The highest BCUT2D eigenvalue weighted by molar-refractivity contribution is 5.82. The van der Waals surface area contributed by atoms with E-state index in [1.165, 1.54) is 19.4 Å². The average molecular weight is 267 g/mol. The third-order valence-corrected chi connectivity index (χ3v) is 5.12. The summed E-state index contributed by atoms with van der Waals surface area (Å²) in [7, 11) is 0. The van der Waals surface area contributed by atoms with Crippen LogP contribution in [-0.4, -0.2) is 49.6 Å². The summed E-state index contributed by atoms with van der Waals surface area (Å²) in [6.45, 7) is 9.45. The van der Waals surface area contributed by atoms with E-state index in [0.29, 0.717) is 11.9 Å². The van der Waals surface area contributed by atoms with Crippen molar-refractivity contribution >= 4 is 5.91 Å². The van der Waals surface area contributed by atoms with Crippen LogP contribution in [-0.2, 0) is 4.79 Å². The molecule has 2 saturated heterocycles. The highest BCUT2D eigenvalue weighted by atomic mass is 16.2. The van der Waals surface area contributed by atoms with Gasteiger partial charge in [0.2, 0.25) is 5.91 Å². The van der Waals surface area contributed by atoms with Gasteiger partial charge in [-0.25, -0.2) is 0 Å². The molecule has 1 unspecified atom stereocenters. The standard InChI is InChI=1S/C15H29N3O/c1-3-15(7-9-16-10-8-15)14(19)17-12-13-6-5-11-18(13)4-2/h13,16H,3-12H2,1-2H3,(H,17,19). The molecule has 0 aromatic carbocycles. The minimum atomic E-state index is -0.110. The zero-order chi connectivity index (χ0) is 13.7. The lowest BCUT2D eigenvalue weighted by Crippen LogP contribution is -2.50. The molecule has 4 heteroatoms. The molecule has 1 amide bonds. The summed E-state index contributed by atoms with van der Waals surface area (Å²) in [5, 5.41) is 6.60. The Hall–Kier alpha value is -0.610. The van der Waals surface area contributed by atoms with Crippen molar-refractivity contribution in [2.45, 2.75) is 52.0 Å². The maximum absolute atomic E-state index is 12.5. The largest absolute Gasteiger partial charge is 0.354 e. The summed E-state index contributed by atoms with van der Waals surface area (Å²) in [6, 6.07) is 0.560. The maximum Gasteiger partial charge on any atom is 0.226 e. The molecule has 0 aromatic heterocycles. The Morgan fingerprint density at radius 3 is 2.74 bits per heavy atom. The minimum Gasteiger partial charge on any atom is -0.354 e. The highest BCUT2D eigenvalue weighted by Crippen LogP contribution is 2.32. The van der Waals surface area contributed by atoms with Gasteiger partial charge in [0.1, 0.15) is 0 Å². The third kappa shape index (κ3) is 3.29. The van der Waals surface area contributed by atoms with E-state index in [4.69, 9.17) is 0 Å². The van der Waals surface area contributed by atoms with Crippen molar-refractivity contribution in [3.63, 3.8) is 0 Å². The molecule has 0 aromatic rings. The van der Waals surface area contributed by atoms with Crippen LogP contribution in [0.1, 0.15) is 46.0 Å². The average Bonchev–Trinajstić information content (AvgIpc) is 2.92. The molecule has 2 heterocycles. The van der Waals surface area contributed by atoms with Gasteiger partial charge in [-0.05, 0) is 58.3 Å². The first-order valence-electron chi connectivity index (χ1n) is 7.95. The second kappa shape index (κ2) is 6.71. The normalized spacial score (nSPS) is 27.4. The first-order valence-corrected chi connectivity index (χ1v) is 7.95. The fourth-order valence-electron chi connectivity index (χ4n) is 3.59. The van der Waals surface area contributed by atoms with Crippen LogP contribution in [0.3, 0.4) is 0 Å². The van der Waals surface area contributed by atoms with Crippen LogP contribution in [0, 0.1) is 5.41 Å². The molecule has 0 radical (unpaired) electrons. The van der Waals surface area contributed by atoms with E-state index in [9.17, 15) is 4.79 Å². The summed E-state index contributed by atoms with van der Waals surface area (Å²) in [5.41, 5.74) is -0.110. The third-order valence-electron chi connectivity index (χ3n) is 5.12. The summed E-state index contributed by atoms with van der Waals surface area (Å²) in [4.78, 5) is 15.0. The number of likely N-dealkylation sites (N-methyl/N-ethyl adjacent to an activating group) is 1. The van der Waals surface area contributed by atoms with Gasteiger partial charge in [0.05, 0.1) is 5.41 Å². The van der Waals surface area contributed by atoms with Crippen LogP contribution in [0.25, 0.3) is 0 Å². The molecular weight excluding hydrogens is 238 g/mol. The van der Waals surface area contributed by atoms with Gasteiger partial charge >= 0.3 is 0 Å². The number of amides is 1. The van der Waals surface area contributed by atoms with E-state index in [0.717, 1.165) is 45.4 Å². The van der Waals surface area contributed by atoms with Crippen LogP contribution in [0.15, 0.2) is 0 Å². The molecule has 0 saturated carbocycles. The molecule has 2 aliphatic rings. The Balaban J connectivity index is 1.85. The molecule has 2 fully saturated rings. The van der Waals surface area contributed by atoms with Crippen molar-refractivity contribution in [3.05, 3.63) is 0 Å². The Kier molecular flexibility index (Phi) is 5.22. The number of nitrogens with one attached hydrogen (secondary N) is 2. The molecule has 0 bridgehead atoms. The zero-order valence-electron chi connectivity index (χ0n) is 12.5. The summed E-state index contributed by atoms with van der Waals surface area (Å²) < 4.78 is 0. The van der Waals surface area contributed by atoms with Crippen LogP contribution in [0.5, 0.6) is 0 Å². The quantitative estimate of drug-likeness (QED) is 0.791. The van der Waals surface area contributed by atoms with Crippen molar-refractivity contribution in [3.8, 4) is 0 Å². The molecule has 2 N–H and O–H groups in total. The number of hydrogen-bond acceptors (Lipinski definition) is 3. The fraction of sp³-hybridized carbons (Fsp3) is 0.933. The number of likely N-dealkylation sites (tertiary alicyclic amines) is 1.